The van der Waals surface area contributed by atoms with Crippen LogP contribution in [0.1, 0.15) is 25.3 Å². The number of nitrogens with zero attached hydrogens (tertiary/aromatic N) is 1. The summed E-state index contributed by atoms with van der Waals surface area (Å²) in [6.45, 7) is 3.78. The number of para-hydroxylation sites is 1. The maximum atomic E-state index is 10.7. The van der Waals surface area contributed by atoms with Crippen molar-refractivity contribution in [2.75, 3.05) is 20.1 Å². The molecule has 0 spiro atoms. The van der Waals surface area contributed by atoms with Gasteiger partial charge >= 0.3 is 0 Å². The third-order valence-corrected chi connectivity index (χ3v) is 3.87. The summed E-state index contributed by atoms with van der Waals surface area (Å²) >= 11 is 0. The summed E-state index contributed by atoms with van der Waals surface area (Å²) < 4.78 is 0. The molecular formula is C14H21NO2. The Hall–Kier alpha value is -1.06. The zero-order chi connectivity index (χ0) is 12.5. The van der Waals surface area contributed by atoms with E-state index in [1.54, 1.807) is 12.1 Å². The molecule has 1 aromatic carbocycles. The van der Waals surface area contributed by atoms with Crippen LogP contribution in [-0.2, 0) is 5.60 Å². The monoisotopic (exact) mass is 235 g/mol. The van der Waals surface area contributed by atoms with Crippen molar-refractivity contribution in [3.63, 3.8) is 0 Å². The van der Waals surface area contributed by atoms with Crippen LogP contribution in [0.3, 0.4) is 0 Å². The van der Waals surface area contributed by atoms with Crippen LogP contribution in [0.15, 0.2) is 24.3 Å². The molecule has 2 atom stereocenters. The SMILES string of the molecule is CN1CCCC(C(C)(O)c2ccccc2O)C1. The highest BCUT2D eigenvalue weighted by molar-refractivity contribution is 5.36. The molecular weight excluding hydrogens is 214 g/mol. The lowest BCUT2D eigenvalue weighted by atomic mass is 9.78. The maximum Gasteiger partial charge on any atom is 0.121 e. The van der Waals surface area contributed by atoms with Gasteiger partial charge in [0.05, 0.1) is 5.60 Å². The number of aromatic hydroxyl groups is 1. The minimum Gasteiger partial charge on any atom is -0.508 e. The van der Waals surface area contributed by atoms with E-state index in [4.69, 9.17) is 0 Å². The van der Waals surface area contributed by atoms with Crippen LogP contribution in [0.5, 0.6) is 5.75 Å². The number of hydrogen-bond acceptors (Lipinski definition) is 3. The Morgan fingerprint density at radius 3 is 2.71 bits per heavy atom. The number of aliphatic hydroxyl groups is 1. The molecule has 0 saturated carbocycles. The van der Waals surface area contributed by atoms with Crippen LogP contribution in [0.25, 0.3) is 0 Å². The van der Waals surface area contributed by atoms with Gasteiger partial charge in [-0.05, 0) is 39.4 Å². The predicted molar refractivity (Wildman–Crippen MR) is 67.9 cm³/mol. The zero-order valence-electron chi connectivity index (χ0n) is 10.6. The van der Waals surface area contributed by atoms with E-state index in [-0.39, 0.29) is 11.7 Å². The third kappa shape index (κ3) is 2.45. The minimum absolute atomic E-state index is 0.176. The molecule has 1 aromatic rings. The van der Waals surface area contributed by atoms with Crippen LogP contribution in [-0.4, -0.2) is 35.3 Å². The number of piperidine rings is 1. The summed E-state index contributed by atoms with van der Waals surface area (Å²) in [4.78, 5) is 2.24. The van der Waals surface area contributed by atoms with Crippen LogP contribution >= 0.6 is 0 Å². The first-order valence-electron chi connectivity index (χ1n) is 6.21. The summed E-state index contributed by atoms with van der Waals surface area (Å²) in [6.07, 6.45) is 2.11. The minimum atomic E-state index is -0.958. The van der Waals surface area contributed by atoms with Gasteiger partial charge in [0, 0.05) is 18.0 Å². The Kier molecular flexibility index (Phi) is 3.40. The van der Waals surface area contributed by atoms with Gasteiger partial charge in [-0.15, -0.1) is 0 Å². The number of likely N-dealkylation sites (tertiary alicyclic amines) is 1. The van der Waals surface area contributed by atoms with Gasteiger partial charge in [-0.2, -0.15) is 0 Å². The van der Waals surface area contributed by atoms with Gasteiger partial charge in [-0.3, -0.25) is 0 Å². The molecule has 0 bridgehead atoms. The van der Waals surface area contributed by atoms with Crippen molar-refractivity contribution >= 4 is 0 Å². The summed E-state index contributed by atoms with van der Waals surface area (Å²) in [6, 6.07) is 7.08. The van der Waals surface area contributed by atoms with E-state index in [1.165, 1.54) is 0 Å². The molecule has 0 aromatic heterocycles. The first-order valence-corrected chi connectivity index (χ1v) is 6.21. The van der Waals surface area contributed by atoms with Gasteiger partial charge < -0.3 is 15.1 Å². The second kappa shape index (κ2) is 4.67. The normalized spacial score (nSPS) is 25.5. The van der Waals surface area contributed by atoms with E-state index >= 15 is 0 Å². The molecule has 94 valence electrons. The second-order valence-corrected chi connectivity index (χ2v) is 5.27. The van der Waals surface area contributed by atoms with Crippen molar-refractivity contribution in [1.82, 2.24) is 4.90 Å². The highest BCUT2D eigenvalue weighted by atomic mass is 16.3. The lowest BCUT2D eigenvalue weighted by Gasteiger charge is -2.39. The lowest BCUT2D eigenvalue weighted by molar-refractivity contribution is -0.0354. The molecule has 2 unspecified atom stereocenters. The number of hydrogen-bond donors (Lipinski definition) is 2. The molecule has 3 nitrogen and oxygen atoms in total. The van der Waals surface area contributed by atoms with Gasteiger partial charge in [0.1, 0.15) is 5.75 Å². The lowest BCUT2D eigenvalue weighted by Crippen LogP contribution is -2.43. The van der Waals surface area contributed by atoms with Crippen molar-refractivity contribution in [1.29, 1.82) is 0 Å². The summed E-state index contributed by atoms with van der Waals surface area (Å²) in [5, 5.41) is 20.6. The molecule has 1 heterocycles. The molecule has 2 N–H and O–H groups in total. The van der Waals surface area contributed by atoms with Gasteiger partial charge in [-0.25, -0.2) is 0 Å². The fourth-order valence-electron chi connectivity index (χ4n) is 2.75. The van der Waals surface area contributed by atoms with Gasteiger partial charge in [0.2, 0.25) is 0 Å². The second-order valence-electron chi connectivity index (χ2n) is 5.27. The van der Waals surface area contributed by atoms with Gasteiger partial charge in [0.25, 0.3) is 0 Å². The van der Waals surface area contributed by atoms with Crippen LogP contribution < -0.4 is 0 Å². The maximum absolute atomic E-state index is 10.7. The fourth-order valence-corrected chi connectivity index (χ4v) is 2.75. The predicted octanol–water partition coefficient (Wildman–Crippen LogP) is 1.94. The molecule has 17 heavy (non-hydrogen) atoms. The van der Waals surface area contributed by atoms with Gasteiger partial charge in [0.15, 0.2) is 0 Å². The van der Waals surface area contributed by atoms with Crippen LogP contribution in [0.2, 0.25) is 0 Å². The molecule has 1 saturated heterocycles. The average molecular weight is 235 g/mol. The van der Waals surface area contributed by atoms with E-state index in [0.717, 1.165) is 25.9 Å². The third-order valence-electron chi connectivity index (χ3n) is 3.87. The highest BCUT2D eigenvalue weighted by Crippen LogP contribution is 2.38. The Bertz CT molecular complexity index is 390. The number of phenols is 1. The Morgan fingerprint density at radius 1 is 1.35 bits per heavy atom. The molecule has 1 aliphatic rings. The summed E-state index contributed by atoms with van der Waals surface area (Å²) in [5.41, 5.74) is -0.319. The molecule has 3 heteroatoms. The van der Waals surface area contributed by atoms with E-state index in [1.807, 2.05) is 19.1 Å². The number of rotatable bonds is 2. The Balaban J connectivity index is 2.26. The van der Waals surface area contributed by atoms with Crippen molar-refractivity contribution < 1.29 is 10.2 Å². The van der Waals surface area contributed by atoms with Crippen molar-refractivity contribution in [3.05, 3.63) is 29.8 Å². The Labute approximate surface area is 103 Å². The smallest absolute Gasteiger partial charge is 0.121 e. The average Bonchev–Trinajstić information content (AvgIpc) is 2.29. The van der Waals surface area contributed by atoms with Crippen molar-refractivity contribution in [2.24, 2.45) is 5.92 Å². The van der Waals surface area contributed by atoms with E-state index in [2.05, 4.69) is 11.9 Å². The van der Waals surface area contributed by atoms with E-state index in [0.29, 0.717) is 5.56 Å². The molecule has 0 aliphatic carbocycles. The highest BCUT2D eigenvalue weighted by Gasteiger charge is 2.37. The summed E-state index contributed by atoms with van der Waals surface area (Å²) in [5.74, 6) is 0.361. The topological polar surface area (TPSA) is 43.7 Å². The molecule has 0 amide bonds. The zero-order valence-corrected chi connectivity index (χ0v) is 10.6. The molecule has 2 rings (SSSR count). The largest absolute Gasteiger partial charge is 0.508 e. The van der Waals surface area contributed by atoms with Crippen molar-refractivity contribution in [2.45, 2.75) is 25.4 Å². The molecule has 1 aliphatic heterocycles. The Morgan fingerprint density at radius 2 is 2.06 bits per heavy atom. The quantitative estimate of drug-likeness (QED) is 0.823. The summed E-state index contributed by atoms with van der Waals surface area (Å²) in [7, 11) is 2.08. The first kappa shape index (κ1) is 12.4. The van der Waals surface area contributed by atoms with E-state index in [9.17, 15) is 10.2 Å². The van der Waals surface area contributed by atoms with Crippen molar-refractivity contribution in [3.8, 4) is 5.75 Å². The number of benzene rings is 1. The molecule has 0 radical (unpaired) electrons. The first-order chi connectivity index (χ1) is 8.01. The number of phenolic OH excluding ortho intramolecular Hbond substituents is 1. The fraction of sp³-hybridized carbons (Fsp3) is 0.571. The van der Waals surface area contributed by atoms with Gasteiger partial charge in [-0.1, -0.05) is 18.2 Å². The van der Waals surface area contributed by atoms with E-state index < -0.39 is 5.60 Å². The van der Waals surface area contributed by atoms with Crippen LogP contribution in [0.4, 0.5) is 0 Å². The standard InChI is InChI=1S/C14H21NO2/c1-14(17,11-6-5-9-15(2)10-11)12-7-3-4-8-13(12)16/h3-4,7-8,11,16-17H,5-6,9-10H2,1-2H3. The van der Waals surface area contributed by atoms with Crippen LogP contribution in [0, 0.1) is 5.92 Å². The molecule has 1 fully saturated rings.